The van der Waals surface area contributed by atoms with Crippen molar-refractivity contribution in [3.8, 4) is 0 Å². The maximum atomic E-state index is 13.1. The molecule has 0 saturated heterocycles. The second-order valence-corrected chi connectivity index (χ2v) is 7.43. The summed E-state index contributed by atoms with van der Waals surface area (Å²) in [5, 5.41) is 4.47. The monoisotopic (exact) mass is 383 g/mol. The zero-order chi connectivity index (χ0) is 20.4. The Morgan fingerprint density at radius 1 is 1.21 bits per heavy atom. The summed E-state index contributed by atoms with van der Waals surface area (Å²) in [7, 11) is 0. The summed E-state index contributed by atoms with van der Waals surface area (Å²) in [6.07, 6.45) is 3.12. The van der Waals surface area contributed by atoms with E-state index in [0.29, 0.717) is 30.8 Å². The minimum Gasteiger partial charge on any atom is -0.339 e. The van der Waals surface area contributed by atoms with Crippen LogP contribution in [0.3, 0.4) is 0 Å². The molecule has 0 fully saturated rings. The van der Waals surface area contributed by atoms with Crippen LogP contribution in [0.2, 0.25) is 0 Å². The van der Waals surface area contributed by atoms with Crippen molar-refractivity contribution in [3.63, 3.8) is 0 Å². The fourth-order valence-electron chi connectivity index (χ4n) is 3.89. The molecule has 5 nitrogen and oxygen atoms in total. The van der Waals surface area contributed by atoms with E-state index >= 15 is 0 Å². The van der Waals surface area contributed by atoms with E-state index in [0.717, 1.165) is 23.3 Å². The van der Waals surface area contributed by atoms with Crippen LogP contribution in [0.5, 0.6) is 0 Å². The van der Waals surface area contributed by atoms with Crippen molar-refractivity contribution in [1.29, 1.82) is 0 Å². The van der Waals surface area contributed by atoms with Gasteiger partial charge in [-0.15, -0.1) is 0 Å². The van der Waals surface area contributed by atoms with Gasteiger partial charge in [-0.25, -0.2) is 4.39 Å². The average molecular weight is 383 g/mol. The summed E-state index contributed by atoms with van der Waals surface area (Å²) in [6.45, 7) is 8.37. The van der Waals surface area contributed by atoms with Gasteiger partial charge >= 0.3 is 0 Å². The highest BCUT2D eigenvalue weighted by Crippen LogP contribution is 2.25. The van der Waals surface area contributed by atoms with Gasteiger partial charge in [0.05, 0.1) is 17.3 Å². The topological polar surface area (TPSA) is 55.2 Å². The standard InChI is InChI=1S/C22H26FN3O2/c1-14(26-16(3)22(17(4)27)15(2)24-26)13-21(28)25-11-9-19(10-12-25)18-5-7-20(23)8-6-18/h5-9,14H,10-13H2,1-4H3/t14-/m1/s1. The maximum absolute atomic E-state index is 13.1. The smallest absolute Gasteiger partial charge is 0.225 e. The fraction of sp³-hybridized carbons (Fsp3) is 0.409. The zero-order valence-electron chi connectivity index (χ0n) is 16.8. The number of carbonyl (C=O) groups excluding carboxylic acids is 2. The van der Waals surface area contributed by atoms with Gasteiger partial charge in [0, 0.05) is 25.2 Å². The van der Waals surface area contributed by atoms with E-state index in [1.807, 2.05) is 31.7 Å². The van der Waals surface area contributed by atoms with E-state index < -0.39 is 0 Å². The van der Waals surface area contributed by atoms with Crippen molar-refractivity contribution in [2.75, 3.05) is 13.1 Å². The molecule has 6 heteroatoms. The highest BCUT2D eigenvalue weighted by atomic mass is 19.1. The van der Waals surface area contributed by atoms with Crippen LogP contribution in [0.15, 0.2) is 30.3 Å². The molecule has 28 heavy (non-hydrogen) atoms. The molecule has 3 rings (SSSR count). The van der Waals surface area contributed by atoms with Crippen molar-refractivity contribution >= 4 is 17.3 Å². The van der Waals surface area contributed by atoms with Gasteiger partial charge in [-0.2, -0.15) is 5.10 Å². The summed E-state index contributed by atoms with van der Waals surface area (Å²) in [6, 6.07) is 6.34. The van der Waals surface area contributed by atoms with Gasteiger partial charge in [-0.1, -0.05) is 18.2 Å². The molecule has 1 amide bonds. The molecule has 2 heterocycles. The van der Waals surface area contributed by atoms with Crippen LogP contribution in [0, 0.1) is 19.7 Å². The number of aryl methyl sites for hydroxylation is 1. The molecule has 1 aliphatic rings. The minimum atomic E-state index is -0.247. The van der Waals surface area contributed by atoms with Crippen LogP contribution < -0.4 is 0 Å². The van der Waals surface area contributed by atoms with Crippen LogP contribution in [-0.2, 0) is 4.79 Å². The molecule has 0 spiro atoms. The lowest BCUT2D eigenvalue weighted by Gasteiger charge is -2.28. The predicted octanol–water partition coefficient (Wildman–Crippen LogP) is 4.11. The van der Waals surface area contributed by atoms with E-state index in [1.165, 1.54) is 19.1 Å². The Labute approximate surface area is 164 Å². The van der Waals surface area contributed by atoms with Gasteiger partial charge in [0.1, 0.15) is 5.82 Å². The number of Topliss-reactive ketones (excluding diaryl/α,β-unsaturated/α-hetero) is 1. The first-order valence-corrected chi connectivity index (χ1v) is 9.57. The lowest BCUT2D eigenvalue weighted by atomic mass is 9.99. The second kappa shape index (κ2) is 8.09. The van der Waals surface area contributed by atoms with Crippen LogP contribution in [-0.4, -0.2) is 39.5 Å². The quantitative estimate of drug-likeness (QED) is 0.730. The molecule has 0 bridgehead atoms. The second-order valence-electron chi connectivity index (χ2n) is 7.43. The number of hydrogen-bond donors (Lipinski definition) is 0. The van der Waals surface area contributed by atoms with Crippen LogP contribution in [0.4, 0.5) is 4.39 Å². The lowest BCUT2D eigenvalue weighted by molar-refractivity contribution is -0.131. The third kappa shape index (κ3) is 4.06. The molecule has 2 aromatic rings. The molecular weight excluding hydrogens is 357 g/mol. The molecule has 0 unspecified atom stereocenters. The maximum Gasteiger partial charge on any atom is 0.225 e. The molecule has 0 aliphatic carbocycles. The zero-order valence-corrected chi connectivity index (χ0v) is 16.8. The molecule has 1 atom stereocenters. The first-order chi connectivity index (χ1) is 13.3. The number of amides is 1. The fourth-order valence-corrected chi connectivity index (χ4v) is 3.89. The van der Waals surface area contributed by atoms with Gasteiger partial charge in [-0.3, -0.25) is 14.3 Å². The largest absolute Gasteiger partial charge is 0.339 e. The highest BCUT2D eigenvalue weighted by Gasteiger charge is 2.23. The van der Waals surface area contributed by atoms with E-state index in [1.54, 1.807) is 16.8 Å². The first-order valence-electron chi connectivity index (χ1n) is 9.57. The molecule has 1 aromatic carbocycles. The Kier molecular flexibility index (Phi) is 5.77. The van der Waals surface area contributed by atoms with Gasteiger partial charge in [0.25, 0.3) is 0 Å². The Morgan fingerprint density at radius 3 is 2.43 bits per heavy atom. The molecule has 0 N–H and O–H groups in total. The van der Waals surface area contributed by atoms with Crippen molar-refractivity contribution in [2.24, 2.45) is 0 Å². The normalized spacial score (nSPS) is 15.3. The predicted molar refractivity (Wildman–Crippen MR) is 107 cm³/mol. The van der Waals surface area contributed by atoms with Gasteiger partial charge in [-0.05, 0) is 57.4 Å². The number of rotatable bonds is 5. The van der Waals surface area contributed by atoms with Gasteiger partial charge in [0.2, 0.25) is 5.91 Å². The van der Waals surface area contributed by atoms with E-state index in [9.17, 15) is 14.0 Å². The van der Waals surface area contributed by atoms with Crippen molar-refractivity contribution in [1.82, 2.24) is 14.7 Å². The van der Waals surface area contributed by atoms with Gasteiger partial charge < -0.3 is 4.90 Å². The number of benzene rings is 1. The van der Waals surface area contributed by atoms with E-state index in [2.05, 4.69) is 5.10 Å². The molecule has 1 aromatic heterocycles. The number of nitrogens with zero attached hydrogens (tertiary/aromatic N) is 3. The number of halogens is 1. The van der Waals surface area contributed by atoms with Crippen LogP contribution in [0.1, 0.15) is 60.0 Å². The molecule has 0 saturated carbocycles. The molecule has 148 valence electrons. The average Bonchev–Trinajstić information content (AvgIpc) is 2.97. The molecule has 1 aliphatic heterocycles. The summed E-state index contributed by atoms with van der Waals surface area (Å²) in [5.41, 5.74) is 4.30. The minimum absolute atomic E-state index is 0.00531. The number of carbonyl (C=O) groups is 2. The summed E-state index contributed by atoms with van der Waals surface area (Å²) in [5.74, 6) is -0.184. The SMILES string of the molecule is CC(=O)c1c(C)nn([C@H](C)CC(=O)N2CC=C(c3ccc(F)cc3)CC2)c1C. The third-order valence-corrected chi connectivity index (χ3v) is 5.34. The molecule has 0 radical (unpaired) electrons. The van der Waals surface area contributed by atoms with Crippen LogP contribution >= 0.6 is 0 Å². The van der Waals surface area contributed by atoms with E-state index in [-0.39, 0.29) is 23.5 Å². The van der Waals surface area contributed by atoms with Crippen LogP contribution in [0.25, 0.3) is 5.57 Å². The Hall–Kier alpha value is -2.76. The third-order valence-electron chi connectivity index (χ3n) is 5.34. The number of hydrogen-bond acceptors (Lipinski definition) is 3. The number of ketones is 1. The van der Waals surface area contributed by atoms with E-state index in [4.69, 9.17) is 0 Å². The summed E-state index contributed by atoms with van der Waals surface area (Å²) in [4.78, 5) is 26.4. The Balaban J connectivity index is 1.65. The summed E-state index contributed by atoms with van der Waals surface area (Å²) < 4.78 is 14.9. The van der Waals surface area contributed by atoms with Crippen molar-refractivity contribution in [3.05, 3.63) is 58.7 Å². The Bertz CT molecular complexity index is 928. The summed E-state index contributed by atoms with van der Waals surface area (Å²) >= 11 is 0. The number of aromatic nitrogens is 2. The van der Waals surface area contributed by atoms with Crippen molar-refractivity contribution < 1.29 is 14.0 Å². The van der Waals surface area contributed by atoms with Crippen molar-refractivity contribution in [2.45, 2.75) is 46.6 Å². The Morgan fingerprint density at radius 2 is 1.89 bits per heavy atom. The molecular formula is C22H26FN3O2. The first kappa shape index (κ1) is 20.0. The van der Waals surface area contributed by atoms with Gasteiger partial charge in [0.15, 0.2) is 5.78 Å². The highest BCUT2D eigenvalue weighted by molar-refractivity contribution is 5.96. The lowest BCUT2D eigenvalue weighted by Crippen LogP contribution is -2.35.